The molecular weight excluding hydrogens is 297 g/mol. The van der Waals surface area contributed by atoms with E-state index in [2.05, 4.69) is 5.32 Å². The zero-order valence-corrected chi connectivity index (χ0v) is 12.5. The zero-order chi connectivity index (χ0) is 16.2. The predicted molar refractivity (Wildman–Crippen MR) is 77.1 cm³/mol. The number of alkyl halides is 3. The zero-order valence-electron chi connectivity index (χ0n) is 12.5. The summed E-state index contributed by atoms with van der Waals surface area (Å²) in [6, 6.07) is 4.20. The largest absolute Gasteiger partial charge is 0.508 e. The van der Waals surface area contributed by atoms with Gasteiger partial charge in [-0.2, -0.15) is 13.2 Å². The number of nitrogens with one attached hydrogen (secondary N) is 1. The Morgan fingerprint density at radius 1 is 1.32 bits per heavy atom. The summed E-state index contributed by atoms with van der Waals surface area (Å²) in [5, 5.41) is 12.7. The van der Waals surface area contributed by atoms with Gasteiger partial charge in [-0.05, 0) is 12.5 Å². The van der Waals surface area contributed by atoms with Crippen LogP contribution in [0.1, 0.15) is 24.4 Å². The van der Waals surface area contributed by atoms with E-state index >= 15 is 0 Å². The van der Waals surface area contributed by atoms with Crippen molar-refractivity contribution in [2.75, 3.05) is 33.3 Å². The number of piperazine rings is 1. The van der Waals surface area contributed by atoms with E-state index in [-0.39, 0.29) is 18.2 Å². The van der Waals surface area contributed by atoms with Crippen molar-refractivity contribution in [1.29, 1.82) is 0 Å². The molecule has 22 heavy (non-hydrogen) atoms. The van der Waals surface area contributed by atoms with Crippen LogP contribution in [0.3, 0.4) is 0 Å². The lowest BCUT2D eigenvalue weighted by atomic mass is 9.98. The summed E-state index contributed by atoms with van der Waals surface area (Å²) < 4.78 is 43.2. The van der Waals surface area contributed by atoms with Crippen molar-refractivity contribution in [2.24, 2.45) is 0 Å². The molecule has 2 N–H and O–H groups in total. The number of halogens is 3. The molecule has 0 unspecified atom stereocenters. The van der Waals surface area contributed by atoms with E-state index in [0.29, 0.717) is 24.4 Å². The molecule has 1 fully saturated rings. The summed E-state index contributed by atoms with van der Waals surface area (Å²) in [4.78, 5) is 2.04. The molecule has 0 bridgehead atoms. The maximum atomic E-state index is 12.6. The van der Waals surface area contributed by atoms with Crippen molar-refractivity contribution in [3.05, 3.63) is 23.8 Å². The molecule has 7 heteroatoms. The standard InChI is InChI=1S/C15H21F3N2O2/c1-22-14-10-11(21)2-3-12(14)13(4-5-15(16,17)18)20-8-6-19-7-9-20/h2-3,10,13,19,21H,4-9H2,1H3/t13-/m0/s1. The molecular formula is C15H21F3N2O2. The third kappa shape index (κ3) is 4.51. The van der Waals surface area contributed by atoms with E-state index < -0.39 is 12.6 Å². The first-order chi connectivity index (χ1) is 10.4. The number of benzene rings is 1. The van der Waals surface area contributed by atoms with E-state index in [4.69, 9.17) is 4.74 Å². The second kappa shape index (κ2) is 7.19. The maximum absolute atomic E-state index is 12.6. The summed E-state index contributed by atoms with van der Waals surface area (Å²) in [6.07, 6.45) is -5.05. The van der Waals surface area contributed by atoms with Crippen molar-refractivity contribution >= 4 is 0 Å². The van der Waals surface area contributed by atoms with E-state index in [1.165, 1.54) is 19.2 Å². The molecule has 0 saturated carbocycles. The van der Waals surface area contributed by atoms with E-state index in [1.54, 1.807) is 6.07 Å². The second-order valence-electron chi connectivity index (χ2n) is 5.38. The molecule has 0 amide bonds. The van der Waals surface area contributed by atoms with Crippen molar-refractivity contribution in [3.63, 3.8) is 0 Å². The number of nitrogens with zero attached hydrogens (tertiary/aromatic N) is 1. The highest BCUT2D eigenvalue weighted by molar-refractivity contribution is 5.42. The third-order valence-corrected chi connectivity index (χ3v) is 3.87. The molecule has 1 saturated heterocycles. The Labute approximate surface area is 127 Å². The lowest BCUT2D eigenvalue weighted by molar-refractivity contribution is -0.138. The number of aromatic hydroxyl groups is 1. The van der Waals surface area contributed by atoms with Gasteiger partial charge in [-0.15, -0.1) is 0 Å². The van der Waals surface area contributed by atoms with Crippen LogP contribution in [-0.4, -0.2) is 49.5 Å². The van der Waals surface area contributed by atoms with Crippen LogP contribution in [0.15, 0.2) is 18.2 Å². The number of hydrogen-bond donors (Lipinski definition) is 2. The number of rotatable bonds is 5. The minimum atomic E-state index is -4.18. The Bertz CT molecular complexity index is 488. The first kappa shape index (κ1) is 16.9. The van der Waals surface area contributed by atoms with Gasteiger partial charge in [0.2, 0.25) is 0 Å². The summed E-state index contributed by atoms with van der Waals surface area (Å²) >= 11 is 0. The molecule has 2 rings (SSSR count). The first-order valence-electron chi connectivity index (χ1n) is 7.29. The Hall–Kier alpha value is -1.47. The van der Waals surface area contributed by atoms with Gasteiger partial charge < -0.3 is 15.2 Å². The quantitative estimate of drug-likeness (QED) is 0.876. The highest BCUT2D eigenvalue weighted by Crippen LogP contribution is 2.37. The van der Waals surface area contributed by atoms with Gasteiger partial charge in [-0.3, -0.25) is 4.90 Å². The van der Waals surface area contributed by atoms with Crippen molar-refractivity contribution in [3.8, 4) is 11.5 Å². The fourth-order valence-corrected chi connectivity index (χ4v) is 2.80. The topological polar surface area (TPSA) is 44.7 Å². The molecule has 1 aromatic rings. The molecule has 1 aromatic carbocycles. The van der Waals surface area contributed by atoms with E-state index in [0.717, 1.165) is 13.1 Å². The fourth-order valence-electron chi connectivity index (χ4n) is 2.80. The highest BCUT2D eigenvalue weighted by atomic mass is 19.4. The molecule has 1 aliphatic heterocycles. The molecule has 124 valence electrons. The minimum Gasteiger partial charge on any atom is -0.508 e. The molecule has 1 aliphatic rings. The highest BCUT2D eigenvalue weighted by Gasteiger charge is 2.32. The SMILES string of the molecule is COc1cc(O)ccc1[C@H](CCC(F)(F)F)N1CCNCC1. The number of ether oxygens (including phenoxy) is 1. The molecule has 1 heterocycles. The average molecular weight is 318 g/mol. The second-order valence-corrected chi connectivity index (χ2v) is 5.38. The maximum Gasteiger partial charge on any atom is 0.389 e. The molecule has 0 aromatic heterocycles. The molecule has 0 spiro atoms. The monoisotopic (exact) mass is 318 g/mol. The van der Waals surface area contributed by atoms with Crippen molar-refractivity contribution in [1.82, 2.24) is 10.2 Å². The first-order valence-corrected chi connectivity index (χ1v) is 7.29. The van der Waals surface area contributed by atoms with Gasteiger partial charge in [0.25, 0.3) is 0 Å². The summed E-state index contributed by atoms with van der Waals surface area (Å²) in [7, 11) is 1.46. The van der Waals surface area contributed by atoms with Crippen LogP contribution in [0.5, 0.6) is 11.5 Å². The van der Waals surface area contributed by atoms with Crippen LogP contribution >= 0.6 is 0 Å². The van der Waals surface area contributed by atoms with Gasteiger partial charge in [0.1, 0.15) is 11.5 Å². The van der Waals surface area contributed by atoms with Gasteiger partial charge in [-0.25, -0.2) is 0 Å². The van der Waals surface area contributed by atoms with Crippen LogP contribution in [0.4, 0.5) is 13.2 Å². The third-order valence-electron chi connectivity index (χ3n) is 3.87. The number of phenols is 1. The van der Waals surface area contributed by atoms with Crippen LogP contribution in [-0.2, 0) is 0 Å². The minimum absolute atomic E-state index is 0.0232. The van der Waals surface area contributed by atoms with Gasteiger partial charge in [-0.1, -0.05) is 6.07 Å². The summed E-state index contributed by atoms with van der Waals surface area (Å²) in [5.74, 6) is 0.459. The average Bonchev–Trinajstić information content (AvgIpc) is 2.48. The lowest BCUT2D eigenvalue weighted by Crippen LogP contribution is -2.45. The van der Waals surface area contributed by atoms with Crippen molar-refractivity contribution in [2.45, 2.75) is 25.1 Å². The number of phenolic OH excluding ortho intramolecular Hbond substituents is 1. The van der Waals surface area contributed by atoms with Gasteiger partial charge in [0, 0.05) is 50.3 Å². The normalized spacial score (nSPS) is 18.2. The molecule has 4 nitrogen and oxygen atoms in total. The van der Waals surface area contributed by atoms with Gasteiger partial charge in [0.05, 0.1) is 7.11 Å². The summed E-state index contributed by atoms with van der Waals surface area (Å²) in [6.45, 7) is 2.88. The Morgan fingerprint density at radius 2 is 2.00 bits per heavy atom. The van der Waals surface area contributed by atoms with Crippen molar-refractivity contribution < 1.29 is 23.0 Å². The van der Waals surface area contributed by atoms with E-state index in [9.17, 15) is 18.3 Å². The Kier molecular flexibility index (Phi) is 5.52. The Morgan fingerprint density at radius 3 is 2.59 bits per heavy atom. The molecule has 0 radical (unpaired) electrons. The van der Waals surface area contributed by atoms with Crippen LogP contribution in [0, 0.1) is 0 Å². The van der Waals surface area contributed by atoms with Crippen LogP contribution in [0.25, 0.3) is 0 Å². The fraction of sp³-hybridized carbons (Fsp3) is 0.600. The lowest BCUT2D eigenvalue weighted by Gasteiger charge is -2.36. The number of methoxy groups -OCH3 is 1. The van der Waals surface area contributed by atoms with Crippen LogP contribution < -0.4 is 10.1 Å². The van der Waals surface area contributed by atoms with Gasteiger partial charge in [0.15, 0.2) is 0 Å². The summed E-state index contributed by atoms with van der Waals surface area (Å²) in [5.41, 5.74) is 0.687. The van der Waals surface area contributed by atoms with Gasteiger partial charge >= 0.3 is 6.18 Å². The molecule has 1 atom stereocenters. The predicted octanol–water partition coefficient (Wildman–Crippen LogP) is 2.69. The Balaban J connectivity index is 2.26. The number of hydrogen-bond acceptors (Lipinski definition) is 4. The van der Waals surface area contributed by atoms with E-state index in [1.807, 2.05) is 4.90 Å². The molecule has 0 aliphatic carbocycles. The smallest absolute Gasteiger partial charge is 0.389 e. The van der Waals surface area contributed by atoms with Crippen LogP contribution in [0.2, 0.25) is 0 Å².